The van der Waals surface area contributed by atoms with Crippen molar-refractivity contribution in [3.63, 3.8) is 0 Å². The van der Waals surface area contributed by atoms with E-state index in [2.05, 4.69) is 30.3 Å². The summed E-state index contributed by atoms with van der Waals surface area (Å²) >= 11 is 0. The van der Waals surface area contributed by atoms with Gasteiger partial charge in [-0.1, -0.05) is 24.9 Å². The molecular formula is C12H15BN2. The molecule has 0 saturated heterocycles. The fourth-order valence-corrected chi connectivity index (χ4v) is 1.75. The monoisotopic (exact) mass is 198 g/mol. The molecule has 1 aliphatic heterocycles. The van der Waals surface area contributed by atoms with Crippen LogP contribution in [0, 0.1) is 0 Å². The van der Waals surface area contributed by atoms with Crippen molar-refractivity contribution in [3.05, 3.63) is 30.1 Å². The number of hydrogen-bond donors (Lipinski definition) is 1. The summed E-state index contributed by atoms with van der Waals surface area (Å²) in [7, 11) is 7.82. The van der Waals surface area contributed by atoms with Gasteiger partial charge in [-0.25, -0.2) is 0 Å². The van der Waals surface area contributed by atoms with Gasteiger partial charge in [0.05, 0.1) is 11.4 Å². The first-order valence-electron chi connectivity index (χ1n) is 5.33. The molecule has 1 aromatic carbocycles. The summed E-state index contributed by atoms with van der Waals surface area (Å²) < 4.78 is 0. The summed E-state index contributed by atoms with van der Waals surface area (Å²) in [5, 5.41) is 3.38. The van der Waals surface area contributed by atoms with Crippen LogP contribution in [0.1, 0.15) is 19.8 Å². The Morgan fingerprint density at radius 2 is 2.27 bits per heavy atom. The van der Waals surface area contributed by atoms with Crippen molar-refractivity contribution in [2.24, 2.45) is 0 Å². The topological polar surface area (TPSA) is 15.3 Å². The predicted molar refractivity (Wildman–Crippen MR) is 66.8 cm³/mol. The van der Waals surface area contributed by atoms with Crippen LogP contribution in [0.4, 0.5) is 11.4 Å². The van der Waals surface area contributed by atoms with Gasteiger partial charge in [-0.2, -0.15) is 0 Å². The largest absolute Gasteiger partial charge is 0.340 e. The van der Waals surface area contributed by atoms with Crippen LogP contribution < -0.4 is 15.7 Å². The zero-order valence-electron chi connectivity index (χ0n) is 9.25. The average molecular weight is 198 g/mol. The molecular weight excluding hydrogens is 183 g/mol. The minimum Gasteiger partial charge on any atom is -0.340 e. The minimum absolute atomic E-state index is 0.805. The highest BCUT2D eigenvalue weighted by atomic mass is 15.3. The number of unbranched alkanes of at least 4 members (excludes halogenated alkanes) is 1. The fourth-order valence-electron chi connectivity index (χ4n) is 1.75. The molecule has 0 spiro atoms. The Balaban J connectivity index is 2.29. The van der Waals surface area contributed by atoms with Gasteiger partial charge in [0.2, 0.25) is 0 Å². The fraction of sp³-hybridized carbons (Fsp3) is 0.333. The highest BCUT2D eigenvalue weighted by Gasteiger charge is 2.19. The van der Waals surface area contributed by atoms with E-state index in [-0.39, 0.29) is 0 Å². The third-order valence-corrected chi connectivity index (χ3v) is 2.63. The second-order valence-electron chi connectivity index (χ2n) is 3.84. The van der Waals surface area contributed by atoms with Gasteiger partial charge in [-0.3, -0.25) is 0 Å². The molecule has 1 N–H and O–H groups in total. The van der Waals surface area contributed by atoms with E-state index < -0.39 is 0 Å². The van der Waals surface area contributed by atoms with Crippen LogP contribution in [0.2, 0.25) is 0 Å². The van der Waals surface area contributed by atoms with E-state index in [0.717, 1.165) is 35.5 Å². The number of fused-ring (bicyclic) bond motifs is 1. The molecule has 15 heavy (non-hydrogen) atoms. The van der Waals surface area contributed by atoms with Crippen molar-refractivity contribution in [2.45, 2.75) is 19.8 Å². The van der Waals surface area contributed by atoms with Crippen LogP contribution in [-0.4, -0.2) is 14.9 Å². The van der Waals surface area contributed by atoms with Crippen LogP contribution >= 0.6 is 0 Å². The van der Waals surface area contributed by atoms with E-state index in [4.69, 9.17) is 7.85 Å². The molecule has 1 heterocycles. The van der Waals surface area contributed by atoms with E-state index in [1.165, 1.54) is 0 Å². The molecule has 76 valence electrons. The van der Waals surface area contributed by atoms with Crippen LogP contribution in [0.5, 0.6) is 0 Å². The van der Waals surface area contributed by atoms with Crippen molar-refractivity contribution in [1.82, 2.24) is 0 Å². The summed E-state index contributed by atoms with van der Waals surface area (Å²) in [6, 6.07) is 5.94. The first-order valence-corrected chi connectivity index (χ1v) is 5.33. The zero-order valence-corrected chi connectivity index (χ0v) is 9.25. The van der Waals surface area contributed by atoms with Crippen LogP contribution in [0.3, 0.4) is 0 Å². The maximum absolute atomic E-state index is 5.76. The van der Waals surface area contributed by atoms with Crippen LogP contribution in [0.15, 0.2) is 30.1 Å². The molecule has 0 aromatic heterocycles. The van der Waals surface area contributed by atoms with Crippen molar-refractivity contribution in [1.29, 1.82) is 0 Å². The first-order chi connectivity index (χ1) is 7.22. The Labute approximate surface area is 92.4 Å². The van der Waals surface area contributed by atoms with E-state index in [0.29, 0.717) is 0 Å². The van der Waals surface area contributed by atoms with E-state index >= 15 is 0 Å². The molecule has 0 fully saturated rings. The van der Waals surface area contributed by atoms with Crippen LogP contribution in [-0.2, 0) is 0 Å². The lowest BCUT2D eigenvalue weighted by Crippen LogP contribution is -2.15. The van der Waals surface area contributed by atoms with Gasteiger partial charge in [0.15, 0.2) is 0 Å². The Hall–Kier alpha value is -1.38. The Kier molecular flexibility index (Phi) is 2.71. The summed E-state index contributed by atoms with van der Waals surface area (Å²) in [5.41, 5.74) is 3.09. The molecule has 0 unspecified atom stereocenters. The van der Waals surface area contributed by atoms with Crippen molar-refractivity contribution >= 4 is 24.7 Å². The van der Waals surface area contributed by atoms with Gasteiger partial charge >= 0.3 is 0 Å². The Bertz CT molecular complexity index is 399. The second-order valence-corrected chi connectivity index (χ2v) is 3.84. The Morgan fingerprint density at radius 3 is 3.00 bits per heavy atom. The number of hydrogen-bond acceptors (Lipinski definition) is 2. The molecule has 2 rings (SSSR count). The van der Waals surface area contributed by atoms with E-state index in [1.807, 2.05) is 18.2 Å². The van der Waals surface area contributed by atoms with Crippen LogP contribution in [0.25, 0.3) is 0 Å². The summed E-state index contributed by atoms with van der Waals surface area (Å²) in [4.78, 5) is 2.14. The minimum atomic E-state index is 0.805. The third-order valence-electron chi connectivity index (χ3n) is 2.63. The van der Waals surface area contributed by atoms with Gasteiger partial charge in [-0.15, -0.1) is 0 Å². The number of nitrogens with one attached hydrogen (secondary N) is 1. The highest BCUT2D eigenvalue weighted by molar-refractivity contribution is 6.32. The van der Waals surface area contributed by atoms with E-state index in [9.17, 15) is 0 Å². The normalized spacial score (nSPS) is 16.7. The predicted octanol–water partition coefficient (Wildman–Crippen LogP) is 1.98. The number of benzene rings is 1. The smallest absolute Gasteiger partial charge is 0.113 e. The SMILES string of the molecule is [B]c1ccc2c(c1)N(C)/C(=C\CCC)N2. The van der Waals surface area contributed by atoms with Gasteiger partial charge in [0.25, 0.3) is 0 Å². The van der Waals surface area contributed by atoms with Gasteiger partial charge in [0.1, 0.15) is 13.7 Å². The number of rotatable bonds is 2. The number of anilines is 2. The zero-order chi connectivity index (χ0) is 10.8. The lowest BCUT2D eigenvalue weighted by molar-refractivity contribution is 0.941. The van der Waals surface area contributed by atoms with Crippen molar-refractivity contribution in [2.75, 3.05) is 17.3 Å². The lowest BCUT2D eigenvalue weighted by Gasteiger charge is -2.13. The standard InChI is InChI=1S/C12H15BN2/c1-3-4-5-12-14-10-7-6-9(13)8-11(10)15(12)2/h5-8,14H,3-4H2,1-2H3/b12-5-. The highest BCUT2D eigenvalue weighted by Crippen LogP contribution is 2.33. The second kappa shape index (κ2) is 4.01. The molecule has 0 amide bonds. The van der Waals surface area contributed by atoms with Crippen molar-refractivity contribution < 1.29 is 0 Å². The molecule has 0 atom stereocenters. The average Bonchev–Trinajstić information content (AvgIpc) is 2.53. The third kappa shape index (κ3) is 1.87. The molecule has 2 nitrogen and oxygen atoms in total. The summed E-state index contributed by atoms with van der Waals surface area (Å²) in [5.74, 6) is 1.15. The molecule has 1 aliphatic rings. The first kappa shape index (κ1) is 10.2. The van der Waals surface area contributed by atoms with Gasteiger partial charge < -0.3 is 10.2 Å². The summed E-state index contributed by atoms with van der Waals surface area (Å²) in [6.45, 7) is 2.18. The van der Waals surface area contributed by atoms with Gasteiger partial charge in [0, 0.05) is 7.05 Å². The summed E-state index contributed by atoms with van der Waals surface area (Å²) in [6.07, 6.45) is 4.48. The molecule has 1 aromatic rings. The maximum Gasteiger partial charge on any atom is 0.113 e. The maximum atomic E-state index is 5.76. The quantitative estimate of drug-likeness (QED) is 0.731. The van der Waals surface area contributed by atoms with E-state index in [1.54, 1.807) is 0 Å². The van der Waals surface area contributed by atoms with Crippen molar-refractivity contribution in [3.8, 4) is 0 Å². The number of allylic oxidation sites excluding steroid dienone is 1. The number of nitrogens with zero attached hydrogens (tertiary/aromatic N) is 1. The molecule has 0 bridgehead atoms. The molecule has 0 aliphatic carbocycles. The molecule has 3 heteroatoms. The van der Waals surface area contributed by atoms with Gasteiger partial charge in [-0.05, 0) is 24.6 Å². The molecule has 2 radical (unpaired) electrons. The lowest BCUT2D eigenvalue weighted by atomic mass is 9.95. The Morgan fingerprint density at radius 1 is 1.47 bits per heavy atom. The molecule has 0 saturated carbocycles.